The van der Waals surface area contributed by atoms with E-state index in [4.69, 9.17) is 0 Å². The zero-order valence-corrected chi connectivity index (χ0v) is 15.6. The third-order valence-electron chi connectivity index (χ3n) is 4.82. The summed E-state index contributed by atoms with van der Waals surface area (Å²) in [6.07, 6.45) is -4.94. The van der Waals surface area contributed by atoms with Crippen molar-refractivity contribution in [2.24, 2.45) is 5.92 Å². The fourth-order valence-electron chi connectivity index (χ4n) is 3.59. The Balaban J connectivity index is 2.20. The molecule has 4 atom stereocenters. The van der Waals surface area contributed by atoms with Crippen LogP contribution >= 0.6 is 0 Å². The van der Waals surface area contributed by atoms with Gasteiger partial charge in [-0.05, 0) is 17.7 Å². The number of hydrogen-bond donors (Lipinski definition) is 1. The first-order valence-corrected chi connectivity index (χ1v) is 9.97. The number of carbonyl (C=O) groups excluding carboxylic acids is 1. The van der Waals surface area contributed by atoms with E-state index >= 15 is 0 Å². The number of alkyl halides is 3. The zero-order valence-electron chi connectivity index (χ0n) is 14.8. The Morgan fingerprint density at radius 1 is 1.00 bits per heavy atom. The van der Waals surface area contributed by atoms with Crippen molar-refractivity contribution in [2.45, 2.75) is 28.4 Å². The fraction of sp³-hybridized carbons (Fsp3) is 0.316. The molecular weight excluding hydrogens is 395 g/mol. The van der Waals surface area contributed by atoms with Gasteiger partial charge in [-0.15, -0.1) is 0 Å². The third kappa shape index (κ3) is 3.64. The first-order chi connectivity index (χ1) is 13.2. The first kappa shape index (κ1) is 20.3. The number of halogens is 3. The van der Waals surface area contributed by atoms with Crippen molar-refractivity contribution in [3.8, 4) is 0 Å². The highest BCUT2D eigenvalue weighted by Gasteiger charge is 2.63. The Labute approximate surface area is 160 Å². The summed E-state index contributed by atoms with van der Waals surface area (Å²) in [7, 11) is -3.47. The monoisotopic (exact) mass is 413 g/mol. The molecule has 1 heterocycles. The second-order valence-electron chi connectivity index (χ2n) is 6.45. The molecule has 0 aliphatic carbocycles. The van der Waals surface area contributed by atoms with Crippen LogP contribution in [0.2, 0.25) is 0 Å². The van der Waals surface area contributed by atoms with Crippen LogP contribution in [0.25, 0.3) is 0 Å². The molecule has 5 nitrogen and oxygen atoms in total. The van der Waals surface area contributed by atoms with Crippen LogP contribution in [0.5, 0.6) is 0 Å². The summed E-state index contributed by atoms with van der Waals surface area (Å²) < 4.78 is 72.9. The van der Waals surface area contributed by atoms with E-state index in [1.165, 1.54) is 36.4 Å². The fourth-order valence-corrected chi connectivity index (χ4v) is 5.73. The predicted molar refractivity (Wildman–Crippen MR) is 95.1 cm³/mol. The number of sulfone groups is 1. The molecule has 1 saturated heterocycles. The van der Waals surface area contributed by atoms with Gasteiger partial charge in [-0.2, -0.15) is 13.2 Å². The number of ether oxygens (including phenoxy) is 1. The Morgan fingerprint density at radius 2 is 1.54 bits per heavy atom. The summed E-state index contributed by atoms with van der Waals surface area (Å²) in [4.78, 5) is 11.8. The summed E-state index contributed by atoms with van der Waals surface area (Å²) in [6, 6.07) is 11.8. The van der Waals surface area contributed by atoms with Crippen LogP contribution in [0.4, 0.5) is 13.2 Å². The molecule has 0 amide bonds. The Hall–Kier alpha value is -2.39. The maximum atomic E-state index is 14.0. The van der Waals surface area contributed by atoms with Crippen molar-refractivity contribution in [2.75, 3.05) is 7.11 Å². The lowest BCUT2D eigenvalue weighted by atomic mass is 9.95. The molecule has 0 radical (unpaired) electrons. The van der Waals surface area contributed by atoms with Gasteiger partial charge in [0, 0.05) is 0 Å². The van der Waals surface area contributed by atoms with E-state index in [9.17, 15) is 26.4 Å². The number of nitrogens with one attached hydrogen (secondary N) is 1. The highest BCUT2D eigenvalue weighted by Crippen LogP contribution is 2.46. The molecule has 3 rings (SSSR count). The molecule has 1 aliphatic heterocycles. The number of rotatable bonds is 4. The van der Waals surface area contributed by atoms with Crippen molar-refractivity contribution in [3.63, 3.8) is 0 Å². The van der Waals surface area contributed by atoms with Crippen molar-refractivity contribution >= 4 is 15.8 Å². The maximum Gasteiger partial charge on any atom is 0.395 e. The Morgan fingerprint density at radius 3 is 2.04 bits per heavy atom. The molecule has 9 heteroatoms. The topological polar surface area (TPSA) is 72.5 Å². The van der Waals surface area contributed by atoms with E-state index in [1.807, 2.05) is 0 Å². The van der Waals surface area contributed by atoms with Crippen molar-refractivity contribution < 1.29 is 31.1 Å². The molecule has 1 aliphatic rings. The van der Waals surface area contributed by atoms with Crippen molar-refractivity contribution in [1.82, 2.24) is 5.32 Å². The molecule has 1 N–H and O–H groups in total. The van der Waals surface area contributed by atoms with E-state index < -0.39 is 45.2 Å². The number of benzene rings is 2. The number of methoxy groups -OCH3 is 1. The molecule has 0 spiro atoms. The lowest BCUT2D eigenvalue weighted by Crippen LogP contribution is -2.46. The molecule has 1 fully saturated rings. The van der Waals surface area contributed by atoms with Crippen LogP contribution in [0.3, 0.4) is 0 Å². The van der Waals surface area contributed by atoms with Gasteiger partial charge in [-0.25, -0.2) is 8.42 Å². The highest BCUT2D eigenvalue weighted by atomic mass is 32.2. The Kier molecular flexibility index (Phi) is 5.49. The summed E-state index contributed by atoms with van der Waals surface area (Å²) in [5, 5.41) is 0.638. The van der Waals surface area contributed by atoms with Gasteiger partial charge in [0.25, 0.3) is 0 Å². The largest absolute Gasteiger partial charge is 0.468 e. The zero-order chi connectivity index (χ0) is 20.5. The van der Waals surface area contributed by atoms with Crippen molar-refractivity contribution in [3.05, 3.63) is 66.2 Å². The standard InChI is InChI=1S/C19H18F3NO4S/c1-27-18(24)16-14(19(20,21)22)17(15(23-16)12-8-4-2-5-9-12)28(25,26)13-10-6-3-7-11-13/h2-11,14-17,23H,1H3/t14-,15-,16-,17+/m1/s1. The number of esters is 1. The molecule has 0 bridgehead atoms. The van der Waals surface area contributed by atoms with Crippen LogP contribution in [0.15, 0.2) is 65.6 Å². The SMILES string of the molecule is COC(=O)[C@@H]1N[C@H](c2ccccc2)[C@@H](S(=O)(=O)c2ccccc2)[C@@H]1C(F)(F)F. The average Bonchev–Trinajstić information content (AvgIpc) is 3.11. The lowest BCUT2D eigenvalue weighted by Gasteiger charge is -2.27. The highest BCUT2D eigenvalue weighted by molar-refractivity contribution is 7.92. The van der Waals surface area contributed by atoms with Crippen LogP contribution in [-0.2, 0) is 19.4 Å². The summed E-state index contributed by atoms with van der Waals surface area (Å²) in [5.41, 5.74) is 0.340. The molecular formula is C19H18F3NO4S. The van der Waals surface area contributed by atoms with Crippen LogP contribution < -0.4 is 5.32 Å². The van der Waals surface area contributed by atoms with Crippen LogP contribution in [-0.4, -0.2) is 39.0 Å². The molecule has 150 valence electrons. The minimum absolute atomic E-state index is 0.234. The molecule has 2 aromatic rings. The van der Waals surface area contributed by atoms with E-state index in [2.05, 4.69) is 10.1 Å². The minimum Gasteiger partial charge on any atom is -0.468 e. The second-order valence-corrected chi connectivity index (χ2v) is 8.55. The molecule has 0 saturated carbocycles. The average molecular weight is 413 g/mol. The van der Waals surface area contributed by atoms with Gasteiger partial charge in [0.2, 0.25) is 0 Å². The van der Waals surface area contributed by atoms with Gasteiger partial charge in [0.05, 0.1) is 29.2 Å². The predicted octanol–water partition coefficient (Wildman–Crippen LogP) is 2.89. The van der Waals surface area contributed by atoms with Gasteiger partial charge in [-0.1, -0.05) is 48.5 Å². The third-order valence-corrected chi connectivity index (χ3v) is 7.03. The summed E-state index contributed by atoms with van der Waals surface area (Å²) in [6.45, 7) is 0. The summed E-state index contributed by atoms with van der Waals surface area (Å²) >= 11 is 0. The van der Waals surface area contributed by atoms with Gasteiger partial charge in [0.1, 0.15) is 6.04 Å². The summed E-state index contributed by atoms with van der Waals surface area (Å²) in [5.74, 6) is -3.62. The van der Waals surface area contributed by atoms with Gasteiger partial charge < -0.3 is 4.74 Å². The maximum absolute atomic E-state index is 14.0. The molecule has 2 aromatic carbocycles. The van der Waals surface area contributed by atoms with Crippen LogP contribution in [0, 0.1) is 5.92 Å². The molecule has 28 heavy (non-hydrogen) atoms. The second kappa shape index (κ2) is 7.56. The first-order valence-electron chi connectivity index (χ1n) is 8.42. The lowest BCUT2D eigenvalue weighted by molar-refractivity contribution is -0.184. The molecule has 0 aromatic heterocycles. The minimum atomic E-state index is -4.94. The van der Waals surface area contributed by atoms with E-state index in [0.29, 0.717) is 5.56 Å². The molecule has 0 unspecified atom stereocenters. The van der Waals surface area contributed by atoms with E-state index in [1.54, 1.807) is 24.3 Å². The van der Waals surface area contributed by atoms with Gasteiger partial charge in [-0.3, -0.25) is 10.1 Å². The number of hydrogen-bond acceptors (Lipinski definition) is 5. The van der Waals surface area contributed by atoms with E-state index in [0.717, 1.165) is 7.11 Å². The van der Waals surface area contributed by atoms with Crippen molar-refractivity contribution in [1.29, 1.82) is 0 Å². The smallest absolute Gasteiger partial charge is 0.395 e. The van der Waals surface area contributed by atoms with Crippen LogP contribution in [0.1, 0.15) is 11.6 Å². The van der Waals surface area contributed by atoms with Gasteiger partial charge in [0.15, 0.2) is 9.84 Å². The normalized spacial score (nSPS) is 25.4. The quantitative estimate of drug-likeness (QED) is 0.781. The number of carbonyl (C=O) groups is 1. The van der Waals surface area contributed by atoms with E-state index in [-0.39, 0.29) is 4.90 Å². The Bertz CT molecular complexity index is 933. The van der Waals surface area contributed by atoms with Gasteiger partial charge >= 0.3 is 12.1 Å².